The lowest BCUT2D eigenvalue weighted by Gasteiger charge is -2.33. The third kappa shape index (κ3) is 5.16. The molecule has 0 aromatic heterocycles. The van der Waals surface area contributed by atoms with Gasteiger partial charge in [-0.3, -0.25) is 0 Å². The van der Waals surface area contributed by atoms with E-state index in [-0.39, 0.29) is 0 Å². The number of hydrogen-bond acceptors (Lipinski definition) is 3. The van der Waals surface area contributed by atoms with Crippen molar-refractivity contribution in [2.45, 2.75) is 32.6 Å². The van der Waals surface area contributed by atoms with Gasteiger partial charge in [-0.25, -0.2) is 0 Å². The standard InChI is InChI=1S/C14H29N3O2S/c1-4-6-7-10-16(3)20(18,19)17-11-8-14(9-12-17)13-15-5-2/h4,14-15H,1,5-13H2,2-3H3. The van der Waals surface area contributed by atoms with E-state index in [2.05, 4.69) is 18.8 Å². The predicted octanol–water partition coefficient (Wildman–Crippen LogP) is 1.45. The maximum absolute atomic E-state index is 12.4. The highest BCUT2D eigenvalue weighted by Crippen LogP contribution is 2.20. The number of piperidine rings is 1. The lowest BCUT2D eigenvalue weighted by molar-refractivity contribution is 0.254. The van der Waals surface area contributed by atoms with Crippen molar-refractivity contribution in [2.24, 2.45) is 5.92 Å². The molecule has 1 aliphatic heterocycles. The second-order valence-electron chi connectivity index (χ2n) is 5.41. The van der Waals surface area contributed by atoms with Crippen molar-refractivity contribution in [3.05, 3.63) is 12.7 Å². The lowest BCUT2D eigenvalue weighted by atomic mass is 9.98. The number of unbranched alkanes of at least 4 members (excludes halogenated alkanes) is 1. The van der Waals surface area contributed by atoms with Crippen LogP contribution in [0.3, 0.4) is 0 Å². The molecule has 1 heterocycles. The number of hydrogen-bond donors (Lipinski definition) is 1. The molecule has 1 rings (SSSR count). The molecule has 0 bridgehead atoms. The summed E-state index contributed by atoms with van der Waals surface area (Å²) in [6.45, 7) is 9.58. The highest BCUT2D eigenvalue weighted by atomic mass is 32.2. The zero-order valence-electron chi connectivity index (χ0n) is 12.8. The first-order valence-electron chi connectivity index (χ1n) is 7.55. The minimum absolute atomic E-state index is 0.561. The van der Waals surface area contributed by atoms with Gasteiger partial charge in [-0.15, -0.1) is 6.58 Å². The molecule has 0 saturated carbocycles. The van der Waals surface area contributed by atoms with Crippen LogP contribution in [0.1, 0.15) is 32.6 Å². The average molecular weight is 303 g/mol. The Kier molecular flexibility index (Phi) is 7.72. The van der Waals surface area contributed by atoms with E-state index >= 15 is 0 Å². The Morgan fingerprint density at radius 1 is 1.40 bits per heavy atom. The molecule has 0 radical (unpaired) electrons. The van der Waals surface area contributed by atoms with Crippen molar-refractivity contribution < 1.29 is 8.42 Å². The van der Waals surface area contributed by atoms with Gasteiger partial charge >= 0.3 is 0 Å². The monoisotopic (exact) mass is 303 g/mol. The maximum Gasteiger partial charge on any atom is 0.281 e. The fourth-order valence-electron chi connectivity index (χ4n) is 2.46. The van der Waals surface area contributed by atoms with Gasteiger partial charge in [-0.2, -0.15) is 17.0 Å². The summed E-state index contributed by atoms with van der Waals surface area (Å²) >= 11 is 0. The Balaban J connectivity index is 2.43. The first-order valence-corrected chi connectivity index (χ1v) is 8.95. The molecule has 1 saturated heterocycles. The van der Waals surface area contributed by atoms with Gasteiger partial charge in [-0.05, 0) is 44.7 Å². The van der Waals surface area contributed by atoms with Crippen molar-refractivity contribution in [1.29, 1.82) is 0 Å². The molecule has 0 aromatic rings. The Hall–Kier alpha value is -0.430. The summed E-state index contributed by atoms with van der Waals surface area (Å²) in [4.78, 5) is 0. The molecule has 0 spiro atoms. The van der Waals surface area contributed by atoms with Crippen molar-refractivity contribution in [3.63, 3.8) is 0 Å². The highest BCUT2D eigenvalue weighted by Gasteiger charge is 2.30. The van der Waals surface area contributed by atoms with Crippen molar-refractivity contribution >= 4 is 10.2 Å². The summed E-state index contributed by atoms with van der Waals surface area (Å²) in [5.41, 5.74) is 0. The maximum atomic E-state index is 12.4. The molecule has 118 valence electrons. The van der Waals surface area contributed by atoms with Crippen LogP contribution < -0.4 is 5.32 Å². The highest BCUT2D eigenvalue weighted by molar-refractivity contribution is 7.86. The van der Waals surface area contributed by atoms with Gasteiger partial charge in [0, 0.05) is 26.7 Å². The first-order chi connectivity index (χ1) is 9.52. The van der Waals surface area contributed by atoms with Crippen LogP contribution in [0.15, 0.2) is 12.7 Å². The van der Waals surface area contributed by atoms with Gasteiger partial charge < -0.3 is 5.32 Å². The average Bonchev–Trinajstić information content (AvgIpc) is 2.45. The third-order valence-corrected chi connectivity index (χ3v) is 5.85. The Morgan fingerprint density at radius 3 is 2.60 bits per heavy atom. The van der Waals surface area contributed by atoms with Gasteiger partial charge in [0.05, 0.1) is 0 Å². The molecule has 0 amide bonds. The van der Waals surface area contributed by atoms with Crippen LogP contribution in [0, 0.1) is 5.92 Å². The predicted molar refractivity (Wildman–Crippen MR) is 83.8 cm³/mol. The van der Waals surface area contributed by atoms with E-state index < -0.39 is 10.2 Å². The minimum atomic E-state index is -3.27. The molecule has 0 aliphatic carbocycles. The zero-order chi connectivity index (χ0) is 15.0. The van der Waals surface area contributed by atoms with Crippen LogP contribution in [0.5, 0.6) is 0 Å². The second kappa shape index (κ2) is 8.77. The third-order valence-electron chi connectivity index (χ3n) is 3.86. The van der Waals surface area contributed by atoms with E-state index in [4.69, 9.17) is 0 Å². The molecule has 6 heteroatoms. The van der Waals surface area contributed by atoms with Gasteiger partial charge in [0.25, 0.3) is 10.2 Å². The summed E-state index contributed by atoms with van der Waals surface area (Å²) in [6, 6.07) is 0. The second-order valence-corrected chi connectivity index (χ2v) is 7.45. The van der Waals surface area contributed by atoms with E-state index in [0.29, 0.717) is 25.6 Å². The van der Waals surface area contributed by atoms with Crippen LogP contribution in [0.25, 0.3) is 0 Å². The van der Waals surface area contributed by atoms with Gasteiger partial charge in [0.2, 0.25) is 0 Å². The number of nitrogens with zero attached hydrogens (tertiary/aromatic N) is 2. The van der Waals surface area contributed by atoms with Crippen molar-refractivity contribution in [2.75, 3.05) is 39.8 Å². The fraction of sp³-hybridized carbons (Fsp3) is 0.857. The Bertz CT molecular complexity index is 376. The molecule has 1 N–H and O–H groups in total. The molecule has 5 nitrogen and oxygen atoms in total. The van der Waals surface area contributed by atoms with Crippen LogP contribution in [0.4, 0.5) is 0 Å². The first kappa shape index (κ1) is 17.6. The summed E-state index contributed by atoms with van der Waals surface area (Å²) in [7, 11) is -1.60. The smallest absolute Gasteiger partial charge is 0.281 e. The lowest BCUT2D eigenvalue weighted by Crippen LogP contribution is -2.46. The molecule has 0 atom stereocenters. The largest absolute Gasteiger partial charge is 0.317 e. The van der Waals surface area contributed by atoms with Gasteiger partial charge in [-0.1, -0.05) is 13.0 Å². The van der Waals surface area contributed by atoms with E-state index in [0.717, 1.165) is 38.8 Å². The number of rotatable bonds is 9. The molecule has 0 unspecified atom stereocenters. The van der Waals surface area contributed by atoms with Crippen LogP contribution in [-0.4, -0.2) is 56.8 Å². The summed E-state index contributed by atoms with van der Waals surface area (Å²) in [5, 5.41) is 3.34. The SMILES string of the molecule is C=CCCCN(C)S(=O)(=O)N1CCC(CNCC)CC1. The molecule has 0 aromatic carbocycles. The van der Waals surface area contributed by atoms with Crippen LogP contribution in [-0.2, 0) is 10.2 Å². The van der Waals surface area contributed by atoms with Gasteiger partial charge in [0.15, 0.2) is 0 Å². The quantitative estimate of drug-likeness (QED) is 0.518. The van der Waals surface area contributed by atoms with E-state index in [1.54, 1.807) is 11.4 Å². The fourth-order valence-corrected chi connectivity index (χ4v) is 3.89. The van der Waals surface area contributed by atoms with Crippen LogP contribution in [0.2, 0.25) is 0 Å². The number of nitrogens with one attached hydrogen (secondary N) is 1. The Labute approximate surface area is 124 Å². The minimum Gasteiger partial charge on any atom is -0.317 e. The molecular formula is C14H29N3O2S. The molecular weight excluding hydrogens is 274 g/mol. The van der Waals surface area contributed by atoms with Crippen molar-refractivity contribution in [1.82, 2.24) is 13.9 Å². The summed E-state index contributed by atoms with van der Waals surface area (Å²) in [6.07, 6.45) is 5.41. The van der Waals surface area contributed by atoms with Crippen LogP contribution >= 0.6 is 0 Å². The zero-order valence-corrected chi connectivity index (χ0v) is 13.7. The van der Waals surface area contributed by atoms with E-state index in [1.807, 2.05) is 6.08 Å². The molecule has 1 aliphatic rings. The van der Waals surface area contributed by atoms with Crippen molar-refractivity contribution in [3.8, 4) is 0 Å². The summed E-state index contributed by atoms with van der Waals surface area (Å²) in [5.74, 6) is 0.604. The van der Waals surface area contributed by atoms with Gasteiger partial charge in [0.1, 0.15) is 0 Å². The summed E-state index contributed by atoms with van der Waals surface area (Å²) < 4.78 is 27.9. The number of allylic oxidation sites excluding steroid dienone is 1. The van der Waals surface area contributed by atoms with E-state index in [1.165, 1.54) is 4.31 Å². The molecule has 20 heavy (non-hydrogen) atoms. The topological polar surface area (TPSA) is 52.7 Å². The Morgan fingerprint density at radius 2 is 2.05 bits per heavy atom. The normalized spacial score (nSPS) is 18.6. The molecule has 1 fully saturated rings. The van der Waals surface area contributed by atoms with E-state index in [9.17, 15) is 8.42 Å².